The van der Waals surface area contributed by atoms with E-state index < -0.39 is 13.5 Å². The SMILES string of the molecule is C[Si]1(C)c2ccccc2-c2ccc3c4ccccc4c4c(c5ccccc5n4-c4ccccc4)c3c21.c1ccc(-c2cccc(-n3c4ccccc4c4c5c6c(ccc5c5ccccc5c43)-c3ccccc3C6(c3ccccc3)c3ccccc3)c2)cc1.c1ccc(-c2nc(-c3ccccc3)nc(-n3c4ccccc4c4c5c(ccc6c7ccccc7n(-c7ccccc7)c65)c5ccccc5c43)n2)cc1. The fraction of sp³-hybridized carbons (Fsp3) is 0.0227. The minimum absolute atomic E-state index is 0.528. The second-order valence-electron chi connectivity index (χ2n) is 37.7. The van der Waals surface area contributed by atoms with E-state index in [1.165, 1.54) is 191 Å². The lowest BCUT2D eigenvalue weighted by Crippen LogP contribution is -2.49. The molecule has 28 aromatic rings. The first-order chi connectivity index (χ1) is 69.3. The van der Waals surface area contributed by atoms with Crippen LogP contribution in [0.25, 0.3) is 231 Å². The predicted molar refractivity (Wildman–Crippen MR) is 591 cm³/mol. The van der Waals surface area contributed by atoms with Gasteiger partial charge in [0.1, 0.15) is 8.07 Å². The summed E-state index contributed by atoms with van der Waals surface area (Å²) in [4.78, 5) is 15.5. The van der Waals surface area contributed by atoms with E-state index in [1.54, 1.807) is 10.4 Å². The van der Waals surface area contributed by atoms with Crippen LogP contribution in [0.15, 0.2) is 491 Å². The Morgan fingerprint density at radius 3 is 1.06 bits per heavy atom. The van der Waals surface area contributed by atoms with Gasteiger partial charge in [-0.15, -0.1) is 0 Å². The quantitative estimate of drug-likeness (QED) is 0.107. The molecule has 1 aliphatic carbocycles. The number of nitrogens with zero attached hydrogens (tertiary/aromatic N) is 7. The number of hydrogen-bond acceptors (Lipinski definition) is 3. The van der Waals surface area contributed by atoms with Gasteiger partial charge in [-0.05, 0) is 170 Å². The van der Waals surface area contributed by atoms with E-state index in [9.17, 15) is 0 Å². The van der Waals surface area contributed by atoms with Gasteiger partial charge < -0.3 is 13.7 Å². The fourth-order valence-electron chi connectivity index (χ4n) is 24.5. The molecule has 23 aromatic carbocycles. The summed E-state index contributed by atoms with van der Waals surface area (Å²) in [6.07, 6.45) is 0. The first kappa shape index (κ1) is 80.5. The summed E-state index contributed by atoms with van der Waals surface area (Å²) in [6.45, 7) is 5.07. The Balaban J connectivity index is 0.000000105. The minimum atomic E-state index is -1.92. The monoisotopic (exact) mass is 1800 g/mol. The smallest absolute Gasteiger partial charge is 0.238 e. The van der Waals surface area contributed by atoms with Crippen molar-refractivity contribution in [1.82, 2.24) is 33.2 Å². The van der Waals surface area contributed by atoms with Crippen molar-refractivity contribution in [3.8, 4) is 79.2 Å². The molecular formula is C132H87N7Si. The highest BCUT2D eigenvalue weighted by molar-refractivity contribution is 7.05. The Morgan fingerprint density at radius 1 is 0.207 bits per heavy atom. The highest BCUT2D eigenvalue weighted by atomic mass is 28.3. The summed E-state index contributed by atoms with van der Waals surface area (Å²) in [5.74, 6) is 1.85. The zero-order valence-corrected chi connectivity index (χ0v) is 77.9. The molecule has 7 nitrogen and oxygen atoms in total. The average molecular weight is 1800 g/mol. The topological polar surface area (TPSA) is 58.4 Å². The van der Waals surface area contributed by atoms with E-state index in [-0.39, 0.29) is 0 Å². The number of rotatable bonds is 9. The number of para-hydroxylation sites is 6. The maximum Gasteiger partial charge on any atom is 0.238 e. The van der Waals surface area contributed by atoms with Crippen LogP contribution in [-0.4, -0.2) is 41.3 Å². The van der Waals surface area contributed by atoms with Crippen LogP contribution in [0.3, 0.4) is 0 Å². The van der Waals surface area contributed by atoms with Crippen molar-refractivity contribution < 1.29 is 0 Å². The van der Waals surface area contributed by atoms with Crippen molar-refractivity contribution in [3.63, 3.8) is 0 Å². The van der Waals surface area contributed by atoms with E-state index in [4.69, 9.17) is 15.0 Å². The Hall–Kier alpha value is -18.0. The Labute approximate surface area is 809 Å². The molecule has 0 saturated carbocycles. The van der Waals surface area contributed by atoms with Crippen molar-refractivity contribution >= 4 is 170 Å². The van der Waals surface area contributed by atoms with Gasteiger partial charge in [-0.2, -0.15) is 9.97 Å². The number of hydrogen-bond donors (Lipinski definition) is 0. The third kappa shape index (κ3) is 11.9. The molecule has 0 unspecified atom stereocenters. The second-order valence-corrected chi connectivity index (χ2v) is 42.0. The highest BCUT2D eigenvalue weighted by Gasteiger charge is 2.48. The van der Waals surface area contributed by atoms with Gasteiger partial charge in [0.25, 0.3) is 0 Å². The van der Waals surface area contributed by atoms with E-state index >= 15 is 0 Å². The molecule has 0 radical (unpaired) electrons. The third-order valence-electron chi connectivity index (χ3n) is 30.1. The summed E-state index contributed by atoms with van der Waals surface area (Å²) in [6, 6.07) is 179. The molecular weight excluding hydrogens is 1710 g/mol. The van der Waals surface area contributed by atoms with Crippen LogP contribution >= 0.6 is 0 Å². The Kier molecular flexibility index (Phi) is 18.3. The van der Waals surface area contributed by atoms with Gasteiger partial charge in [-0.25, -0.2) is 4.98 Å². The minimum Gasteiger partial charge on any atom is -0.309 e. The van der Waals surface area contributed by atoms with Gasteiger partial charge in [0.2, 0.25) is 5.95 Å². The lowest BCUT2D eigenvalue weighted by molar-refractivity contribution is 0.776. The first-order valence-corrected chi connectivity index (χ1v) is 51.4. The van der Waals surface area contributed by atoms with Crippen LogP contribution in [0.4, 0.5) is 0 Å². The molecule has 0 saturated heterocycles. The standard InChI is InChI=1S/C51H33N.C47H29N5.C34H25NSi/c1-4-17-34(18-5-1)35-19-16-24-38(33-35)52-46-30-15-13-28-44(46)48-47-41(39-25-10-11-27-43(39)50(48)52)31-32-42-40-26-12-14-29-45(40)51(49(42)47,36-20-6-2-7-21-36)37-22-8-3-9-23-37;1-4-16-30(17-5-1)45-48-46(31-18-6-2-7-19-31)50-47(49-45)52-40-27-15-13-25-38(40)42-41-35(33-22-10-11-24-36(33)44(42)52)28-29-37-34-23-12-14-26-39(34)51(43(37)41)32-20-8-3-9-21-32;1-36(2)30-19-11-9-15-24(30)27-21-20-25-23-14-6-7-16-26(23)33-31(32(25)34(27)36)28-17-8-10-18-29(28)35(33)22-12-4-3-5-13-22/h1-33H;1-29H;3-21H,1-2H3. The lowest BCUT2D eigenvalue weighted by Gasteiger charge is -2.35. The molecule has 0 atom stereocenters. The van der Waals surface area contributed by atoms with Crippen LogP contribution in [-0.2, 0) is 5.41 Å². The van der Waals surface area contributed by atoms with E-state index in [0.29, 0.717) is 17.6 Å². The van der Waals surface area contributed by atoms with E-state index in [2.05, 4.69) is 486 Å². The van der Waals surface area contributed by atoms with Gasteiger partial charge in [0, 0.05) is 92.8 Å². The number of fused-ring (bicyclic) bond motifs is 36. The molecule has 0 fully saturated rings. The maximum atomic E-state index is 5.26. The molecule has 8 heteroatoms. The van der Waals surface area contributed by atoms with Crippen LogP contribution in [0, 0.1) is 0 Å². The number of benzene rings is 23. The maximum absolute atomic E-state index is 5.26. The Morgan fingerprint density at radius 2 is 0.536 bits per heavy atom. The molecule has 0 N–H and O–H groups in total. The van der Waals surface area contributed by atoms with E-state index in [0.717, 1.165) is 44.3 Å². The van der Waals surface area contributed by atoms with Gasteiger partial charge in [0.05, 0.1) is 49.5 Å². The normalized spacial score (nSPS) is 12.9. The lowest BCUT2D eigenvalue weighted by atomic mass is 9.66. The predicted octanol–water partition coefficient (Wildman–Crippen LogP) is 32.7. The molecule has 654 valence electrons. The largest absolute Gasteiger partial charge is 0.309 e. The van der Waals surface area contributed by atoms with Gasteiger partial charge in [-0.1, -0.05) is 444 Å². The highest BCUT2D eigenvalue weighted by Crippen LogP contribution is 2.61. The summed E-state index contributed by atoms with van der Waals surface area (Å²) in [5, 5.41) is 28.6. The van der Waals surface area contributed by atoms with Crippen molar-refractivity contribution in [2.24, 2.45) is 0 Å². The van der Waals surface area contributed by atoms with Crippen molar-refractivity contribution in [2.45, 2.75) is 18.5 Å². The average Bonchev–Trinajstić information content (AvgIpc) is 1.51. The molecule has 0 bridgehead atoms. The summed E-state index contributed by atoms with van der Waals surface area (Å²) >= 11 is 0. The van der Waals surface area contributed by atoms with Crippen LogP contribution in [0.2, 0.25) is 13.1 Å². The summed E-state index contributed by atoms with van der Waals surface area (Å²) < 4.78 is 9.72. The molecule has 1 aliphatic heterocycles. The third-order valence-corrected chi connectivity index (χ3v) is 33.6. The molecule has 0 spiro atoms. The molecule has 0 amide bonds. The summed E-state index contributed by atoms with van der Waals surface area (Å²) in [5.41, 5.74) is 27.5. The van der Waals surface area contributed by atoms with Gasteiger partial charge >= 0.3 is 0 Å². The van der Waals surface area contributed by atoms with Crippen molar-refractivity contribution in [3.05, 3.63) is 514 Å². The molecule has 2 aliphatic rings. The molecule has 30 rings (SSSR count). The second kappa shape index (κ2) is 31.8. The van der Waals surface area contributed by atoms with Gasteiger partial charge in [-0.3, -0.25) is 4.57 Å². The Bertz CT molecular complexity index is 9860. The fourth-order valence-corrected chi connectivity index (χ4v) is 27.9. The van der Waals surface area contributed by atoms with Crippen LogP contribution < -0.4 is 10.4 Å². The van der Waals surface area contributed by atoms with Crippen LogP contribution in [0.1, 0.15) is 22.3 Å². The van der Waals surface area contributed by atoms with Crippen LogP contribution in [0.5, 0.6) is 0 Å². The van der Waals surface area contributed by atoms with Gasteiger partial charge in [0.15, 0.2) is 11.6 Å². The summed E-state index contributed by atoms with van der Waals surface area (Å²) in [7, 11) is -1.92. The number of aromatic nitrogens is 7. The molecule has 6 heterocycles. The zero-order chi connectivity index (χ0) is 92.4. The molecule has 140 heavy (non-hydrogen) atoms. The zero-order valence-electron chi connectivity index (χ0n) is 76.9. The van der Waals surface area contributed by atoms with Crippen molar-refractivity contribution in [2.75, 3.05) is 0 Å². The first-order valence-electron chi connectivity index (χ1n) is 48.4. The van der Waals surface area contributed by atoms with Crippen molar-refractivity contribution in [1.29, 1.82) is 0 Å². The molecule has 5 aromatic heterocycles. The van der Waals surface area contributed by atoms with E-state index in [1.807, 2.05) is 36.4 Å².